The summed E-state index contributed by atoms with van der Waals surface area (Å²) in [5.41, 5.74) is 2.94. The third-order valence-electron chi connectivity index (χ3n) is 4.29. The molecule has 0 aliphatic carbocycles. The average molecular weight is 391 g/mol. The molecule has 2 rings (SSSR count). The number of nitrogens with zero attached hydrogens (tertiary/aromatic N) is 1. The number of carbonyl (C=O) groups is 1. The fourth-order valence-corrected chi connectivity index (χ4v) is 3.35. The van der Waals surface area contributed by atoms with Crippen LogP contribution in [0, 0.1) is 6.92 Å². The lowest BCUT2D eigenvalue weighted by atomic mass is 10.1. The van der Waals surface area contributed by atoms with Crippen molar-refractivity contribution < 1.29 is 17.9 Å². The maximum absolute atomic E-state index is 12.2. The second kappa shape index (κ2) is 9.53. The number of carbonyl (C=O) groups excluding carboxylic acids is 1. The van der Waals surface area contributed by atoms with Crippen LogP contribution in [0.4, 0.5) is 0 Å². The summed E-state index contributed by atoms with van der Waals surface area (Å²) in [7, 11) is -1.89. The number of hydrogen-bond donors (Lipinski definition) is 1. The topological polar surface area (TPSA) is 75.7 Å². The SMILES string of the molecule is COc1ccc(CCNC(=O)CN(Cc2ccccc2C)S(C)(=O)=O)cc1. The summed E-state index contributed by atoms with van der Waals surface area (Å²) >= 11 is 0. The molecule has 0 aliphatic rings. The van der Waals surface area contributed by atoms with E-state index < -0.39 is 10.0 Å². The predicted octanol–water partition coefficient (Wildman–Crippen LogP) is 2.12. The van der Waals surface area contributed by atoms with E-state index in [0.717, 1.165) is 28.7 Å². The minimum atomic E-state index is -3.50. The van der Waals surface area contributed by atoms with Crippen LogP contribution in [0.5, 0.6) is 5.75 Å². The molecule has 6 nitrogen and oxygen atoms in total. The molecular weight excluding hydrogens is 364 g/mol. The highest BCUT2D eigenvalue weighted by atomic mass is 32.2. The van der Waals surface area contributed by atoms with E-state index in [0.29, 0.717) is 13.0 Å². The van der Waals surface area contributed by atoms with Gasteiger partial charge in [-0.25, -0.2) is 8.42 Å². The number of hydrogen-bond acceptors (Lipinski definition) is 4. The first-order chi connectivity index (χ1) is 12.8. The number of aryl methyl sites for hydroxylation is 1. The molecule has 0 spiro atoms. The standard InChI is InChI=1S/C20H26N2O4S/c1-16-6-4-5-7-18(16)14-22(27(3,24)25)15-20(23)21-13-12-17-8-10-19(26-2)11-9-17/h4-11H,12-15H2,1-3H3,(H,21,23). The minimum Gasteiger partial charge on any atom is -0.497 e. The zero-order valence-corrected chi connectivity index (χ0v) is 16.8. The Kier molecular flexibility index (Phi) is 7.38. The van der Waals surface area contributed by atoms with E-state index in [1.165, 1.54) is 4.31 Å². The van der Waals surface area contributed by atoms with Crippen LogP contribution in [0.25, 0.3) is 0 Å². The molecule has 0 atom stereocenters. The van der Waals surface area contributed by atoms with Gasteiger partial charge in [-0.1, -0.05) is 36.4 Å². The van der Waals surface area contributed by atoms with Gasteiger partial charge in [0.1, 0.15) is 5.75 Å². The lowest BCUT2D eigenvalue weighted by Gasteiger charge is -2.20. The van der Waals surface area contributed by atoms with E-state index in [9.17, 15) is 13.2 Å². The van der Waals surface area contributed by atoms with Crippen LogP contribution in [0.15, 0.2) is 48.5 Å². The maximum Gasteiger partial charge on any atom is 0.235 e. The summed E-state index contributed by atoms with van der Waals surface area (Å²) in [6.45, 7) is 2.34. The van der Waals surface area contributed by atoms with Gasteiger partial charge in [-0.3, -0.25) is 4.79 Å². The van der Waals surface area contributed by atoms with Gasteiger partial charge < -0.3 is 10.1 Å². The van der Waals surface area contributed by atoms with Gasteiger partial charge in [0.25, 0.3) is 0 Å². The highest BCUT2D eigenvalue weighted by Crippen LogP contribution is 2.13. The van der Waals surface area contributed by atoms with Crippen molar-refractivity contribution in [2.45, 2.75) is 19.9 Å². The Labute approximate surface area is 161 Å². The number of methoxy groups -OCH3 is 1. The third-order valence-corrected chi connectivity index (χ3v) is 5.49. The molecule has 1 N–H and O–H groups in total. The van der Waals surface area contributed by atoms with Gasteiger partial charge in [-0.15, -0.1) is 0 Å². The van der Waals surface area contributed by atoms with Crippen LogP contribution in [-0.4, -0.2) is 45.1 Å². The molecule has 2 aromatic carbocycles. The molecule has 0 aliphatic heterocycles. The first kappa shape index (κ1) is 20.9. The molecule has 1 amide bonds. The van der Waals surface area contributed by atoms with Crippen LogP contribution in [-0.2, 0) is 27.8 Å². The van der Waals surface area contributed by atoms with Crippen molar-refractivity contribution in [1.29, 1.82) is 0 Å². The van der Waals surface area contributed by atoms with E-state index in [1.807, 2.05) is 55.5 Å². The van der Waals surface area contributed by atoms with Crippen molar-refractivity contribution in [3.8, 4) is 5.75 Å². The number of amides is 1. The molecular formula is C20H26N2O4S. The molecule has 0 fully saturated rings. The van der Waals surface area contributed by atoms with Gasteiger partial charge in [0, 0.05) is 13.1 Å². The Morgan fingerprint density at radius 3 is 2.37 bits per heavy atom. The van der Waals surface area contributed by atoms with Gasteiger partial charge >= 0.3 is 0 Å². The number of benzene rings is 2. The molecule has 27 heavy (non-hydrogen) atoms. The maximum atomic E-state index is 12.2. The predicted molar refractivity (Wildman–Crippen MR) is 106 cm³/mol. The summed E-state index contributed by atoms with van der Waals surface area (Å²) in [6, 6.07) is 15.2. The fourth-order valence-electron chi connectivity index (χ4n) is 2.62. The van der Waals surface area contributed by atoms with Gasteiger partial charge in [-0.2, -0.15) is 4.31 Å². The first-order valence-corrected chi connectivity index (χ1v) is 10.5. The summed E-state index contributed by atoms with van der Waals surface area (Å²) < 4.78 is 30.4. The van der Waals surface area contributed by atoms with Crippen molar-refractivity contribution in [2.24, 2.45) is 0 Å². The highest BCUT2D eigenvalue weighted by molar-refractivity contribution is 7.88. The Morgan fingerprint density at radius 2 is 1.78 bits per heavy atom. The van der Waals surface area contributed by atoms with Crippen molar-refractivity contribution in [1.82, 2.24) is 9.62 Å². The largest absolute Gasteiger partial charge is 0.497 e. The number of rotatable bonds is 9. The Morgan fingerprint density at radius 1 is 1.11 bits per heavy atom. The van der Waals surface area contributed by atoms with Gasteiger partial charge in [-0.05, 0) is 42.2 Å². The normalized spacial score (nSPS) is 11.4. The number of sulfonamides is 1. The van der Waals surface area contributed by atoms with Crippen LogP contribution < -0.4 is 10.1 Å². The second-order valence-corrected chi connectivity index (χ2v) is 8.39. The monoisotopic (exact) mass is 390 g/mol. The molecule has 146 valence electrons. The van der Waals surface area contributed by atoms with E-state index in [1.54, 1.807) is 7.11 Å². The molecule has 7 heteroatoms. The smallest absolute Gasteiger partial charge is 0.235 e. The van der Waals surface area contributed by atoms with E-state index in [-0.39, 0.29) is 19.0 Å². The average Bonchev–Trinajstić information content (AvgIpc) is 2.62. The third kappa shape index (κ3) is 6.69. The summed E-state index contributed by atoms with van der Waals surface area (Å²) in [4.78, 5) is 12.2. The zero-order chi connectivity index (χ0) is 19.9. The molecule has 0 saturated heterocycles. The van der Waals surface area contributed by atoms with Crippen LogP contribution in [0.2, 0.25) is 0 Å². The fraction of sp³-hybridized carbons (Fsp3) is 0.350. The molecule has 2 aromatic rings. The molecule has 0 radical (unpaired) electrons. The zero-order valence-electron chi connectivity index (χ0n) is 15.9. The van der Waals surface area contributed by atoms with Crippen molar-refractivity contribution >= 4 is 15.9 Å². The quantitative estimate of drug-likeness (QED) is 0.712. The van der Waals surface area contributed by atoms with Crippen molar-refractivity contribution in [2.75, 3.05) is 26.5 Å². The molecule has 0 unspecified atom stereocenters. The summed E-state index contributed by atoms with van der Waals surface area (Å²) in [5.74, 6) is 0.463. The molecule has 0 bridgehead atoms. The van der Waals surface area contributed by atoms with Gasteiger partial charge in [0.15, 0.2) is 0 Å². The highest BCUT2D eigenvalue weighted by Gasteiger charge is 2.21. The van der Waals surface area contributed by atoms with E-state index in [4.69, 9.17) is 4.74 Å². The number of nitrogens with one attached hydrogen (secondary N) is 1. The van der Waals surface area contributed by atoms with E-state index in [2.05, 4.69) is 5.32 Å². The molecule has 0 saturated carbocycles. The van der Waals surface area contributed by atoms with Crippen LogP contribution in [0.1, 0.15) is 16.7 Å². The van der Waals surface area contributed by atoms with Crippen LogP contribution >= 0.6 is 0 Å². The number of ether oxygens (including phenoxy) is 1. The summed E-state index contributed by atoms with van der Waals surface area (Å²) in [5, 5.41) is 2.79. The van der Waals surface area contributed by atoms with Crippen molar-refractivity contribution in [3.05, 3.63) is 65.2 Å². The molecule has 0 aromatic heterocycles. The lowest BCUT2D eigenvalue weighted by Crippen LogP contribution is -2.40. The van der Waals surface area contributed by atoms with Gasteiger partial charge in [0.05, 0.1) is 19.9 Å². The van der Waals surface area contributed by atoms with E-state index >= 15 is 0 Å². The van der Waals surface area contributed by atoms with Gasteiger partial charge in [0.2, 0.25) is 15.9 Å². The lowest BCUT2D eigenvalue weighted by molar-refractivity contribution is -0.121. The Balaban J connectivity index is 1.90. The molecule has 0 heterocycles. The Hall–Kier alpha value is -2.38. The summed E-state index contributed by atoms with van der Waals surface area (Å²) in [6.07, 6.45) is 1.78. The second-order valence-electron chi connectivity index (χ2n) is 6.41. The van der Waals surface area contributed by atoms with Crippen LogP contribution in [0.3, 0.4) is 0 Å². The first-order valence-electron chi connectivity index (χ1n) is 8.69. The minimum absolute atomic E-state index is 0.178. The van der Waals surface area contributed by atoms with Crippen molar-refractivity contribution in [3.63, 3.8) is 0 Å². The Bertz CT molecular complexity index is 864.